The minimum Gasteiger partial charge on any atom is -0.497 e. The topological polar surface area (TPSA) is 59.9 Å². The van der Waals surface area contributed by atoms with Gasteiger partial charge in [0.15, 0.2) is 6.61 Å². The molecule has 2 aromatic carbocycles. The molecule has 1 N–H and O–H groups in total. The molecular weight excluding hydrogens is 304 g/mol. The first-order valence-electron chi connectivity index (χ1n) is 7.66. The number of benzene rings is 2. The van der Waals surface area contributed by atoms with Crippen molar-refractivity contribution in [2.24, 2.45) is 5.10 Å². The molecule has 0 aliphatic rings. The summed E-state index contributed by atoms with van der Waals surface area (Å²) in [6.45, 7) is 5.89. The van der Waals surface area contributed by atoms with E-state index in [0.29, 0.717) is 0 Å². The van der Waals surface area contributed by atoms with Crippen LogP contribution in [0.2, 0.25) is 0 Å². The van der Waals surface area contributed by atoms with Crippen molar-refractivity contribution in [3.05, 3.63) is 58.7 Å². The summed E-state index contributed by atoms with van der Waals surface area (Å²) in [5, 5.41) is 3.92. The van der Waals surface area contributed by atoms with Gasteiger partial charge < -0.3 is 9.47 Å². The third-order valence-electron chi connectivity index (χ3n) is 3.47. The van der Waals surface area contributed by atoms with Gasteiger partial charge in [-0.3, -0.25) is 4.79 Å². The van der Waals surface area contributed by atoms with Crippen molar-refractivity contribution in [1.29, 1.82) is 0 Å². The third kappa shape index (κ3) is 4.84. The van der Waals surface area contributed by atoms with E-state index in [2.05, 4.69) is 10.5 Å². The first-order chi connectivity index (χ1) is 11.5. The van der Waals surface area contributed by atoms with Crippen molar-refractivity contribution in [1.82, 2.24) is 5.43 Å². The SMILES string of the molecule is COc1ccc(/C=N/NC(=O)COc2c(C)cc(C)cc2C)cc1. The summed E-state index contributed by atoms with van der Waals surface area (Å²) < 4.78 is 10.7. The lowest BCUT2D eigenvalue weighted by Crippen LogP contribution is -2.25. The maximum Gasteiger partial charge on any atom is 0.277 e. The molecule has 0 saturated heterocycles. The van der Waals surface area contributed by atoms with Crippen LogP contribution in [0.25, 0.3) is 0 Å². The van der Waals surface area contributed by atoms with Gasteiger partial charge in [0.05, 0.1) is 13.3 Å². The minimum absolute atomic E-state index is 0.0787. The number of rotatable bonds is 6. The molecule has 0 radical (unpaired) electrons. The van der Waals surface area contributed by atoms with Gasteiger partial charge in [0.25, 0.3) is 5.91 Å². The van der Waals surface area contributed by atoms with Crippen LogP contribution < -0.4 is 14.9 Å². The Morgan fingerprint density at radius 2 is 1.75 bits per heavy atom. The normalized spacial score (nSPS) is 10.7. The number of aryl methyl sites for hydroxylation is 3. The Hall–Kier alpha value is -2.82. The summed E-state index contributed by atoms with van der Waals surface area (Å²) >= 11 is 0. The van der Waals surface area contributed by atoms with E-state index in [0.717, 1.165) is 28.2 Å². The molecule has 0 aliphatic carbocycles. The number of ether oxygens (including phenoxy) is 2. The number of hydrogen-bond acceptors (Lipinski definition) is 4. The Kier molecular flexibility index (Phi) is 5.95. The van der Waals surface area contributed by atoms with Gasteiger partial charge in [-0.2, -0.15) is 5.10 Å². The van der Waals surface area contributed by atoms with E-state index in [9.17, 15) is 4.79 Å². The Morgan fingerprint density at radius 3 is 2.33 bits per heavy atom. The third-order valence-corrected chi connectivity index (χ3v) is 3.47. The van der Waals surface area contributed by atoms with E-state index < -0.39 is 0 Å². The fraction of sp³-hybridized carbons (Fsp3) is 0.263. The maximum absolute atomic E-state index is 11.8. The van der Waals surface area contributed by atoms with Crippen molar-refractivity contribution < 1.29 is 14.3 Å². The number of carbonyl (C=O) groups excluding carboxylic acids is 1. The molecule has 0 heterocycles. The molecule has 0 unspecified atom stereocenters. The highest BCUT2D eigenvalue weighted by atomic mass is 16.5. The van der Waals surface area contributed by atoms with Crippen molar-refractivity contribution in [2.75, 3.05) is 13.7 Å². The zero-order chi connectivity index (χ0) is 17.5. The molecule has 5 nitrogen and oxygen atoms in total. The first kappa shape index (κ1) is 17.5. The standard InChI is InChI=1S/C19H22N2O3/c1-13-9-14(2)19(15(3)10-13)24-12-18(22)21-20-11-16-5-7-17(23-4)8-6-16/h5-11H,12H2,1-4H3,(H,21,22)/b20-11+. The van der Waals surface area contributed by atoms with E-state index >= 15 is 0 Å². The van der Waals surface area contributed by atoms with Crippen LogP contribution >= 0.6 is 0 Å². The first-order valence-corrected chi connectivity index (χ1v) is 7.66. The quantitative estimate of drug-likeness (QED) is 0.655. The highest BCUT2D eigenvalue weighted by molar-refractivity contribution is 5.83. The molecule has 2 aromatic rings. The van der Waals surface area contributed by atoms with Gasteiger partial charge in [-0.05, 0) is 61.7 Å². The molecule has 24 heavy (non-hydrogen) atoms. The molecule has 1 amide bonds. The Labute approximate surface area is 142 Å². The second-order valence-corrected chi connectivity index (χ2v) is 5.58. The van der Waals surface area contributed by atoms with Gasteiger partial charge >= 0.3 is 0 Å². The van der Waals surface area contributed by atoms with Crippen LogP contribution in [-0.2, 0) is 4.79 Å². The zero-order valence-electron chi connectivity index (χ0n) is 14.4. The molecule has 0 aliphatic heterocycles. The van der Waals surface area contributed by atoms with Crippen LogP contribution in [0.1, 0.15) is 22.3 Å². The summed E-state index contributed by atoms with van der Waals surface area (Å²) in [5.41, 5.74) is 6.52. The number of amides is 1. The maximum atomic E-state index is 11.8. The van der Waals surface area contributed by atoms with E-state index in [4.69, 9.17) is 9.47 Å². The molecule has 0 aromatic heterocycles. The highest BCUT2D eigenvalue weighted by Crippen LogP contribution is 2.24. The van der Waals surface area contributed by atoms with Crippen molar-refractivity contribution in [3.63, 3.8) is 0 Å². The van der Waals surface area contributed by atoms with Gasteiger partial charge in [0.1, 0.15) is 11.5 Å². The van der Waals surface area contributed by atoms with Gasteiger partial charge in [0, 0.05) is 0 Å². The van der Waals surface area contributed by atoms with E-state index in [1.165, 1.54) is 5.56 Å². The predicted octanol–water partition coefficient (Wildman–Crippen LogP) is 3.15. The van der Waals surface area contributed by atoms with Gasteiger partial charge in [0.2, 0.25) is 0 Å². The molecule has 126 valence electrons. The van der Waals surface area contributed by atoms with Crippen molar-refractivity contribution in [3.8, 4) is 11.5 Å². The second kappa shape index (κ2) is 8.15. The molecule has 0 atom stereocenters. The number of methoxy groups -OCH3 is 1. The zero-order valence-corrected chi connectivity index (χ0v) is 14.4. The average molecular weight is 326 g/mol. The molecule has 0 bridgehead atoms. The largest absolute Gasteiger partial charge is 0.497 e. The van der Waals surface area contributed by atoms with Crippen LogP contribution in [-0.4, -0.2) is 25.8 Å². The van der Waals surface area contributed by atoms with Crippen LogP contribution in [0.15, 0.2) is 41.5 Å². The Morgan fingerprint density at radius 1 is 1.12 bits per heavy atom. The lowest BCUT2D eigenvalue weighted by molar-refractivity contribution is -0.123. The Balaban J connectivity index is 1.86. The summed E-state index contributed by atoms with van der Waals surface area (Å²) in [6.07, 6.45) is 1.57. The van der Waals surface area contributed by atoms with Crippen LogP contribution in [0.4, 0.5) is 0 Å². The molecule has 0 saturated carbocycles. The van der Waals surface area contributed by atoms with Gasteiger partial charge in [-0.25, -0.2) is 5.43 Å². The summed E-state index contributed by atoms with van der Waals surface area (Å²) in [6, 6.07) is 11.4. The Bertz CT molecular complexity index is 714. The van der Waals surface area contributed by atoms with E-state index in [1.807, 2.05) is 57.2 Å². The average Bonchev–Trinajstić information content (AvgIpc) is 2.54. The summed E-state index contributed by atoms with van der Waals surface area (Å²) in [4.78, 5) is 11.8. The lowest BCUT2D eigenvalue weighted by Gasteiger charge is -2.12. The lowest BCUT2D eigenvalue weighted by atomic mass is 10.1. The van der Waals surface area contributed by atoms with E-state index in [-0.39, 0.29) is 12.5 Å². The smallest absolute Gasteiger partial charge is 0.277 e. The van der Waals surface area contributed by atoms with Crippen molar-refractivity contribution in [2.45, 2.75) is 20.8 Å². The number of hydrogen-bond donors (Lipinski definition) is 1. The minimum atomic E-state index is -0.306. The van der Waals surface area contributed by atoms with Crippen LogP contribution in [0, 0.1) is 20.8 Å². The predicted molar refractivity (Wildman–Crippen MR) is 94.9 cm³/mol. The number of hydrazone groups is 1. The highest BCUT2D eigenvalue weighted by Gasteiger charge is 2.07. The van der Waals surface area contributed by atoms with E-state index in [1.54, 1.807) is 13.3 Å². The number of nitrogens with one attached hydrogen (secondary N) is 1. The summed E-state index contributed by atoms with van der Waals surface area (Å²) in [7, 11) is 1.61. The molecule has 0 spiro atoms. The van der Waals surface area contributed by atoms with Crippen LogP contribution in [0.5, 0.6) is 11.5 Å². The van der Waals surface area contributed by atoms with Crippen LogP contribution in [0.3, 0.4) is 0 Å². The van der Waals surface area contributed by atoms with Gasteiger partial charge in [-0.1, -0.05) is 17.7 Å². The van der Waals surface area contributed by atoms with Crippen molar-refractivity contribution >= 4 is 12.1 Å². The fourth-order valence-electron chi connectivity index (χ4n) is 2.43. The fourth-order valence-corrected chi connectivity index (χ4v) is 2.43. The molecule has 2 rings (SSSR count). The second-order valence-electron chi connectivity index (χ2n) is 5.58. The summed E-state index contributed by atoms with van der Waals surface area (Å²) in [5.74, 6) is 1.21. The number of nitrogens with zero attached hydrogens (tertiary/aromatic N) is 1. The van der Waals surface area contributed by atoms with Gasteiger partial charge in [-0.15, -0.1) is 0 Å². The molecule has 0 fully saturated rings. The number of carbonyl (C=O) groups is 1. The monoisotopic (exact) mass is 326 g/mol. The molecule has 5 heteroatoms. The molecular formula is C19H22N2O3.